The number of hydrogen-bond donors (Lipinski definition) is 1. The van der Waals surface area contributed by atoms with E-state index in [4.69, 9.17) is 4.52 Å². The second-order valence-electron chi connectivity index (χ2n) is 6.79. The van der Waals surface area contributed by atoms with Gasteiger partial charge in [-0.15, -0.1) is 0 Å². The average molecular weight is 312 g/mol. The molecule has 1 saturated heterocycles. The van der Waals surface area contributed by atoms with Crippen LogP contribution in [0.5, 0.6) is 0 Å². The van der Waals surface area contributed by atoms with Gasteiger partial charge in [0.2, 0.25) is 0 Å². The maximum absolute atomic E-state index is 5.43. The Morgan fingerprint density at radius 3 is 2.78 bits per heavy atom. The van der Waals surface area contributed by atoms with Gasteiger partial charge in [-0.3, -0.25) is 4.99 Å². The monoisotopic (exact) mass is 312 g/mol. The molecule has 1 aromatic carbocycles. The molecule has 5 heteroatoms. The van der Waals surface area contributed by atoms with Gasteiger partial charge in [0, 0.05) is 31.8 Å². The summed E-state index contributed by atoms with van der Waals surface area (Å²) in [6.45, 7) is 7.27. The fourth-order valence-electron chi connectivity index (χ4n) is 2.93. The van der Waals surface area contributed by atoms with E-state index in [-0.39, 0.29) is 0 Å². The maximum atomic E-state index is 5.43. The Morgan fingerprint density at radius 2 is 2.13 bits per heavy atom. The Morgan fingerprint density at radius 1 is 1.35 bits per heavy atom. The molecular formula is C18H24N4O. The largest absolute Gasteiger partial charge is 0.356 e. The zero-order valence-electron chi connectivity index (χ0n) is 14.0. The number of hydrogen-bond acceptors (Lipinski definition) is 3. The molecule has 0 spiro atoms. The van der Waals surface area contributed by atoms with E-state index < -0.39 is 0 Å². The molecular weight excluding hydrogens is 288 g/mol. The van der Waals surface area contributed by atoms with Gasteiger partial charge in [0.15, 0.2) is 11.7 Å². The quantitative estimate of drug-likeness (QED) is 0.699. The molecule has 0 amide bonds. The molecule has 1 aliphatic rings. The highest BCUT2D eigenvalue weighted by Crippen LogP contribution is 2.28. The van der Waals surface area contributed by atoms with E-state index in [1.807, 2.05) is 43.4 Å². The Balaban J connectivity index is 1.61. The Labute approximate surface area is 137 Å². The molecule has 23 heavy (non-hydrogen) atoms. The predicted octanol–water partition coefficient (Wildman–Crippen LogP) is 3.15. The number of guanidine groups is 1. The molecule has 0 radical (unpaired) electrons. The fraction of sp³-hybridized carbons (Fsp3) is 0.444. The molecule has 0 bridgehead atoms. The molecule has 1 aliphatic heterocycles. The van der Waals surface area contributed by atoms with Crippen LogP contribution in [0.25, 0.3) is 11.3 Å². The molecule has 2 aromatic rings. The van der Waals surface area contributed by atoms with Crippen LogP contribution >= 0.6 is 0 Å². The lowest BCUT2D eigenvalue weighted by atomic mass is 9.93. The summed E-state index contributed by atoms with van der Waals surface area (Å²) in [7, 11) is 1.83. The standard InChI is InChI=1S/C18H24N4O/c1-18(2)9-10-22(13-18)17(19-3)20-12-15-11-16(23-21-15)14-7-5-4-6-8-14/h4-8,11H,9-10,12-13H2,1-3H3,(H,19,20). The number of nitrogens with one attached hydrogen (secondary N) is 1. The highest BCUT2D eigenvalue weighted by molar-refractivity contribution is 5.80. The molecule has 1 fully saturated rings. The van der Waals surface area contributed by atoms with Gasteiger partial charge < -0.3 is 14.7 Å². The first-order chi connectivity index (χ1) is 11.1. The zero-order valence-corrected chi connectivity index (χ0v) is 14.0. The molecule has 1 aromatic heterocycles. The summed E-state index contributed by atoms with van der Waals surface area (Å²) in [6.07, 6.45) is 1.19. The first-order valence-corrected chi connectivity index (χ1v) is 8.04. The SMILES string of the molecule is CN=C(NCc1cc(-c2ccccc2)on1)N1CCC(C)(C)C1. The summed E-state index contributed by atoms with van der Waals surface area (Å²) in [6, 6.07) is 12.0. The Bertz CT molecular complexity index is 675. The molecule has 0 aliphatic carbocycles. The van der Waals surface area contributed by atoms with Crippen LogP contribution in [0.1, 0.15) is 26.0 Å². The molecule has 0 saturated carbocycles. The lowest BCUT2D eigenvalue weighted by Crippen LogP contribution is -2.40. The zero-order chi connectivity index (χ0) is 16.3. The molecule has 2 heterocycles. The van der Waals surface area contributed by atoms with Crippen molar-refractivity contribution in [3.05, 3.63) is 42.1 Å². The van der Waals surface area contributed by atoms with Gasteiger partial charge in [0.05, 0.1) is 6.54 Å². The number of aliphatic imine (C=N–C) groups is 1. The molecule has 5 nitrogen and oxygen atoms in total. The number of aromatic nitrogens is 1. The van der Waals surface area contributed by atoms with E-state index >= 15 is 0 Å². The fourth-order valence-corrected chi connectivity index (χ4v) is 2.93. The van der Waals surface area contributed by atoms with Crippen molar-refractivity contribution in [2.45, 2.75) is 26.8 Å². The van der Waals surface area contributed by atoms with Crippen molar-refractivity contribution in [2.24, 2.45) is 10.4 Å². The molecule has 1 N–H and O–H groups in total. The van der Waals surface area contributed by atoms with Crippen molar-refractivity contribution in [2.75, 3.05) is 20.1 Å². The van der Waals surface area contributed by atoms with E-state index in [9.17, 15) is 0 Å². The van der Waals surface area contributed by atoms with Gasteiger partial charge in [-0.2, -0.15) is 0 Å². The van der Waals surface area contributed by atoms with E-state index in [0.29, 0.717) is 12.0 Å². The van der Waals surface area contributed by atoms with Crippen LogP contribution in [-0.4, -0.2) is 36.2 Å². The summed E-state index contributed by atoms with van der Waals surface area (Å²) < 4.78 is 5.43. The summed E-state index contributed by atoms with van der Waals surface area (Å²) in [5.41, 5.74) is 2.27. The molecule has 122 valence electrons. The number of rotatable bonds is 3. The average Bonchev–Trinajstić information content (AvgIpc) is 3.16. The summed E-state index contributed by atoms with van der Waals surface area (Å²) in [5.74, 6) is 1.72. The third kappa shape index (κ3) is 3.73. The summed E-state index contributed by atoms with van der Waals surface area (Å²) in [5, 5.41) is 7.53. The van der Waals surface area contributed by atoms with Crippen LogP contribution in [0.4, 0.5) is 0 Å². The van der Waals surface area contributed by atoms with Gasteiger partial charge in [0.25, 0.3) is 0 Å². The predicted molar refractivity (Wildman–Crippen MR) is 92.1 cm³/mol. The van der Waals surface area contributed by atoms with E-state index in [0.717, 1.165) is 36.1 Å². The lowest BCUT2D eigenvalue weighted by Gasteiger charge is -2.23. The van der Waals surface area contributed by atoms with E-state index in [1.165, 1.54) is 6.42 Å². The van der Waals surface area contributed by atoms with Gasteiger partial charge in [0.1, 0.15) is 5.69 Å². The van der Waals surface area contributed by atoms with Crippen LogP contribution < -0.4 is 5.32 Å². The lowest BCUT2D eigenvalue weighted by molar-refractivity contribution is 0.369. The number of benzene rings is 1. The highest BCUT2D eigenvalue weighted by atomic mass is 16.5. The maximum Gasteiger partial charge on any atom is 0.193 e. The molecule has 0 atom stereocenters. The van der Waals surface area contributed by atoms with Gasteiger partial charge in [-0.1, -0.05) is 49.3 Å². The third-order valence-corrected chi connectivity index (χ3v) is 4.23. The van der Waals surface area contributed by atoms with E-state index in [2.05, 4.69) is 34.2 Å². The third-order valence-electron chi connectivity index (χ3n) is 4.23. The van der Waals surface area contributed by atoms with Crippen LogP contribution in [0.15, 0.2) is 45.9 Å². The van der Waals surface area contributed by atoms with Gasteiger partial charge in [-0.05, 0) is 11.8 Å². The van der Waals surface area contributed by atoms with Crippen LogP contribution in [0, 0.1) is 5.41 Å². The molecule has 0 unspecified atom stereocenters. The minimum absolute atomic E-state index is 0.353. The Hall–Kier alpha value is -2.30. The first-order valence-electron chi connectivity index (χ1n) is 8.04. The second-order valence-corrected chi connectivity index (χ2v) is 6.79. The van der Waals surface area contributed by atoms with E-state index in [1.54, 1.807) is 0 Å². The van der Waals surface area contributed by atoms with Crippen molar-refractivity contribution in [1.29, 1.82) is 0 Å². The van der Waals surface area contributed by atoms with Crippen molar-refractivity contribution in [3.63, 3.8) is 0 Å². The van der Waals surface area contributed by atoms with Crippen LogP contribution in [0.2, 0.25) is 0 Å². The number of nitrogens with zero attached hydrogens (tertiary/aromatic N) is 3. The topological polar surface area (TPSA) is 53.7 Å². The number of likely N-dealkylation sites (tertiary alicyclic amines) is 1. The van der Waals surface area contributed by atoms with Crippen molar-refractivity contribution < 1.29 is 4.52 Å². The minimum Gasteiger partial charge on any atom is -0.356 e. The van der Waals surface area contributed by atoms with Crippen molar-refractivity contribution in [3.8, 4) is 11.3 Å². The smallest absolute Gasteiger partial charge is 0.193 e. The van der Waals surface area contributed by atoms with Crippen molar-refractivity contribution >= 4 is 5.96 Å². The van der Waals surface area contributed by atoms with Gasteiger partial charge in [-0.25, -0.2) is 0 Å². The van der Waals surface area contributed by atoms with Crippen LogP contribution in [-0.2, 0) is 6.54 Å². The highest BCUT2D eigenvalue weighted by Gasteiger charge is 2.30. The Kier molecular flexibility index (Phi) is 4.37. The second kappa shape index (κ2) is 6.44. The first kappa shape index (κ1) is 15.6. The van der Waals surface area contributed by atoms with Gasteiger partial charge >= 0.3 is 0 Å². The summed E-state index contributed by atoms with van der Waals surface area (Å²) in [4.78, 5) is 6.69. The minimum atomic E-state index is 0.353. The van der Waals surface area contributed by atoms with Crippen LogP contribution in [0.3, 0.4) is 0 Å². The normalized spacial score (nSPS) is 17.5. The molecule has 3 rings (SSSR count). The van der Waals surface area contributed by atoms with Crippen molar-refractivity contribution in [1.82, 2.24) is 15.4 Å². The summed E-state index contributed by atoms with van der Waals surface area (Å²) >= 11 is 0.